The first-order chi connectivity index (χ1) is 33.6. The number of ether oxygens (including phenoxy) is 2. The van der Waals surface area contributed by atoms with Gasteiger partial charge in [-0.25, -0.2) is 0 Å². The molecule has 3 aliphatic heterocycles. The Labute approximate surface area is 412 Å². The van der Waals surface area contributed by atoms with Crippen LogP contribution in [0.2, 0.25) is 0 Å². The fraction of sp³-hybridized carbons (Fsp3) is 0.219. The monoisotopic (exact) mass is 912 g/mol. The highest BCUT2D eigenvalue weighted by atomic mass is 16.6. The van der Waals surface area contributed by atoms with Crippen molar-refractivity contribution in [3.05, 3.63) is 186 Å². The fourth-order valence-electron chi connectivity index (χ4n) is 11.9. The van der Waals surface area contributed by atoms with Crippen molar-refractivity contribution in [1.29, 1.82) is 0 Å². The van der Waals surface area contributed by atoms with Crippen molar-refractivity contribution in [2.75, 3.05) is 23.0 Å². The molecule has 1 aromatic heterocycles. The van der Waals surface area contributed by atoms with Gasteiger partial charge in [0.25, 0.3) is 6.71 Å². The van der Waals surface area contributed by atoms with Gasteiger partial charge in [0.15, 0.2) is 11.5 Å². The molecular weight excluding hydrogens is 856 g/mol. The largest absolute Gasteiger partial charge is 0.486 e. The third kappa shape index (κ3) is 6.45. The first kappa shape index (κ1) is 42.7. The van der Waals surface area contributed by atoms with E-state index in [0.29, 0.717) is 13.2 Å². The molecule has 4 aliphatic rings. The summed E-state index contributed by atoms with van der Waals surface area (Å²) in [5.74, 6) is 2.43. The van der Waals surface area contributed by atoms with E-state index in [9.17, 15) is 0 Å². The molecule has 0 spiro atoms. The van der Waals surface area contributed by atoms with E-state index in [4.69, 9.17) is 13.9 Å². The lowest BCUT2D eigenvalue weighted by Gasteiger charge is -2.45. The molecule has 0 saturated heterocycles. The quantitative estimate of drug-likeness (QED) is 0.165. The standard InChI is InChI=1S/C64H57BN2O3/c1-38-30-54-59-55(31-38)67(45-22-19-43(20-23-45)62(2,3)4)60-51(25-27-57-61(60)69-29-28-68-57)65(59)52-37-44(63(5,6)7)21-26-53(52)66(54)46-33-41(32-42(34-46)58-36-40-14-10-13-17-56(40)70-58)39-18-24-48-47-15-11-12-16-49(47)64(8,9)50(48)35-39/h10-27,30-37H,28-29H2,1-9H3. The summed E-state index contributed by atoms with van der Waals surface area (Å²) in [5, 5.41) is 1.08. The van der Waals surface area contributed by atoms with Crippen LogP contribution in [0.5, 0.6) is 11.5 Å². The summed E-state index contributed by atoms with van der Waals surface area (Å²) in [6, 6.07) is 59.1. The van der Waals surface area contributed by atoms with E-state index in [1.54, 1.807) is 0 Å². The van der Waals surface area contributed by atoms with E-state index in [1.807, 2.05) is 6.07 Å². The smallest absolute Gasteiger partial charge is 0.252 e. The van der Waals surface area contributed by atoms with Crippen LogP contribution in [0.1, 0.15) is 83.2 Å². The molecule has 70 heavy (non-hydrogen) atoms. The van der Waals surface area contributed by atoms with Crippen molar-refractivity contribution < 1.29 is 13.9 Å². The number of aryl methyl sites for hydroxylation is 1. The normalized spacial score (nSPS) is 15.1. The Kier molecular flexibility index (Phi) is 9.16. The molecule has 0 amide bonds. The summed E-state index contributed by atoms with van der Waals surface area (Å²) in [6.45, 7) is 21.7. The average Bonchev–Trinajstić information content (AvgIpc) is 3.89. The summed E-state index contributed by atoms with van der Waals surface area (Å²) in [4.78, 5) is 4.99. The molecule has 9 aromatic rings. The van der Waals surface area contributed by atoms with E-state index in [0.717, 1.165) is 73.5 Å². The van der Waals surface area contributed by atoms with Gasteiger partial charge >= 0.3 is 0 Å². The first-order valence-electron chi connectivity index (χ1n) is 24.9. The fourth-order valence-corrected chi connectivity index (χ4v) is 11.9. The molecular formula is C64H57BN2O3. The van der Waals surface area contributed by atoms with Crippen molar-refractivity contribution in [2.45, 2.75) is 78.6 Å². The number of fused-ring (bicyclic) bond motifs is 10. The minimum absolute atomic E-state index is 0.00772. The van der Waals surface area contributed by atoms with Gasteiger partial charge in [0.2, 0.25) is 0 Å². The van der Waals surface area contributed by atoms with Gasteiger partial charge in [-0.3, -0.25) is 0 Å². The third-order valence-electron chi connectivity index (χ3n) is 15.5. The van der Waals surface area contributed by atoms with Crippen molar-refractivity contribution in [2.24, 2.45) is 0 Å². The van der Waals surface area contributed by atoms with Gasteiger partial charge in [0.1, 0.15) is 24.6 Å². The minimum Gasteiger partial charge on any atom is -0.486 e. The number of anilines is 6. The van der Waals surface area contributed by atoms with Gasteiger partial charge in [-0.15, -0.1) is 0 Å². The lowest BCUT2D eigenvalue weighted by atomic mass is 9.33. The third-order valence-corrected chi connectivity index (χ3v) is 15.5. The number of hydrogen-bond donors (Lipinski definition) is 0. The van der Waals surface area contributed by atoms with Crippen LogP contribution in [0.4, 0.5) is 34.1 Å². The maximum atomic E-state index is 6.74. The van der Waals surface area contributed by atoms with Gasteiger partial charge in [-0.05, 0) is 157 Å². The second-order valence-electron chi connectivity index (χ2n) is 22.5. The Morgan fingerprint density at radius 3 is 2.01 bits per heavy atom. The molecule has 8 aromatic carbocycles. The molecule has 0 atom stereocenters. The number of hydrogen-bond acceptors (Lipinski definition) is 5. The molecule has 0 N–H and O–H groups in total. The summed E-state index contributed by atoms with van der Waals surface area (Å²) in [6.07, 6.45) is 0. The van der Waals surface area contributed by atoms with Crippen LogP contribution < -0.4 is 35.7 Å². The maximum Gasteiger partial charge on any atom is 0.252 e. The van der Waals surface area contributed by atoms with Crippen LogP contribution in [0.15, 0.2) is 162 Å². The molecule has 1 aliphatic carbocycles. The predicted octanol–water partition coefficient (Wildman–Crippen LogP) is 14.8. The molecule has 344 valence electrons. The molecule has 4 heterocycles. The van der Waals surface area contributed by atoms with Crippen molar-refractivity contribution in [3.8, 4) is 45.1 Å². The molecule has 6 heteroatoms. The highest BCUT2D eigenvalue weighted by Gasteiger charge is 2.46. The Bertz CT molecular complexity index is 3610. The van der Waals surface area contributed by atoms with E-state index in [1.165, 1.54) is 60.9 Å². The topological polar surface area (TPSA) is 38.1 Å². The zero-order valence-corrected chi connectivity index (χ0v) is 41.6. The maximum absolute atomic E-state index is 6.74. The Morgan fingerprint density at radius 2 is 1.23 bits per heavy atom. The number of para-hydroxylation sites is 1. The van der Waals surface area contributed by atoms with Crippen LogP contribution in [0.3, 0.4) is 0 Å². The number of furan rings is 1. The van der Waals surface area contributed by atoms with Crippen LogP contribution in [0, 0.1) is 6.92 Å². The second kappa shape index (κ2) is 15.0. The number of rotatable bonds is 4. The van der Waals surface area contributed by atoms with Crippen LogP contribution in [0.25, 0.3) is 44.5 Å². The number of nitrogens with zero attached hydrogens (tertiary/aromatic N) is 2. The molecule has 13 rings (SSSR count). The SMILES string of the molecule is Cc1cc2c3c(c1)N(c1ccc(C(C)(C)C)cc1)c1c(ccc4c1OCCO4)B3c1cc(C(C)(C)C)ccc1N2c1cc(-c2ccc3c(c2)C(C)(C)c2ccccc2-3)cc(-c2cc3ccccc3o2)c1. The molecule has 0 bridgehead atoms. The van der Waals surface area contributed by atoms with Crippen molar-refractivity contribution in [3.63, 3.8) is 0 Å². The predicted molar refractivity (Wildman–Crippen MR) is 292 cm³/mol. The molecule has 5 nitrogen and oxygen atoms in total. The van der Waals surface area contributed by atoms with E-state index < -0.39 is 0 Å². The molecule has 0 radical (unpaired) electrons. The van der Waals surface area contributed by atoms with Gasteiger partial charge in [0.05, 0.1) is 5.69 Å². The van der Waals surface area contributed by atoms with Crippen molar-refractivity contribution in [1.82, 2.24) is 0 Å². The first-order valence-corrected chi connectivity index (χ1v) is 24.9. The highest BCUT2D eigenvalue weighted by molar-refractivity contribution is 7.00. The summed E-state index contributed by atoms with van der Waals surface area (Å²) < 4.78 is 19.8. The number of benzene rings is 8. The van der Waals surface area contributed by atoms with E-state index in [2.05, 4.69) is 224 Å². The summed E-state index contributed by atoms with van der Waals surface area (Å²) in [7, 11) is 0. The van der Waals surface area contributed by atoms with Gasteiger partial charge in [-0.1, -0.05) is 140 Å². The highest BCUT2D eigenvalue weighted by Crippen LogP contribution is 2.53. The summed E-state index contributed by atoms with van der Waals surface area (Å²) >= 11 is 0. The summed E-state index contributed by atoms with van der Waals surface area (Å²) in [5.41, 5.74) is 23.5. The van der Waals surface area contributed by atoms with E-state index >= 15 is 0 Å². The minimum atomic E-state index is -0.140. The average molecular weight is 913 g/mol. The Balaban J connectivity index is 1.09. The van der Waals surface area contributed by atoms with Gasteiger partial charge < -0.3 is 23.7 Å². The van der Waals surface area contributed by atoms with Gasteiger partial charge in [0, 0.05) is 44.8 Å². The molecule has 0 unspecified atom stereocenters. The van der Waals surface area contributed by atoms with Crippen molar-refractivity contribution >= 4 is 68.2 Å². The Morgan fingerprint density at radius 1 is 0.529 bits per heavy atom. The van der Waals surface area contributed by atoms with Crippen LogP contribution in [-0.2, 0) is 16.2 Å². The lowest BCUT2D eigenvalue weighted by molar-refractivity contribution is 0.172. The van der Waals surface area contributed by atoms with E-state index in [-0.39, 0.29) is 23.0 Å². The zero-order chi connectivity index (χ0) is 48.0. The molecule has 0 fully saturated rings. The van der Waals surface area contributed by atoms with Crippen LogP contribution >= 0.6 is 0 Å². The molecule has 0 saturated carbocycles. The zero-order valence-electron chi connectivity index (χ0n) is 41.6. The Hall–Kier alpha value is -7.44. The van der Waals surface area contributed by atoms with Gasteiger partial charge in [-0.2, -0.15) is 0 Å². The lowest BCUT2D eigenvalue weighted by Crippen LogP contribution is -2.61. The second-order valence-corrected chi connectivity index (χ2v) is 22.5. The van der Waals surface area contributed by atoms with Crippen LogP contribution in [-0.4, -0.2) is 19.9 Å².